The fraction of sp³-hybridized carbons (Fsp3) is 0.533. The SMILES string of the molecule is CN(CC1(N(C)C)CCC1)C(=O)c1cc(Br)ccc1F. The van der Waals surface area contributed by atoms with Gasteiger partial charge in [-0.25, -0.2) is 4.39 Å². The number of carbonyl (C=O) groups is 1. The van der Waals surface area contributed by atoms with E-state index in [9.17, 15) is 9.18 Å². The van der Waals surface area contributed by atoms with Gasteiger partial charge < -0.3 is 9.80 Å². The molecular formula is C15H20BrFN2O. The summed E-state index contributed by atoms with van der Waals surface area (Å²) in [7, 11) is 5.82. The van der Waals surface area contributed by atoms with Crippen LogP contribution >= 0.6 is 15.9 Å². The second-order valence-electron chi connectivity index (χ2n) is 5.76. The summed E-state index contributed by atoms with van der Waals surface area (Å²) in [5, 5.41) is 0. The van der Waals surface area contributed by atoms with E-state index in [-0.39, 0.29) is 17.0 Å². The molecule has 0 saturated heterocycles. The van der Waals surface area contributed by atoms with Gasteiger partial charge in [0.1, 0.15) is 5.82 Å². The van der Waals surface area contributed by atoms with Gasteiger partial charge >= 0.3 is 0 Å². The van der Waals surface area contributed by atoms with Crippen molar-refractivity contribution in [1.29, 1.82) is 0 Å². The number of benzene rings is 1. The zero-order chi connectivity index (χ0) is 14.9. The van der Waals surface area contributed by atoms with Crippen LogP contribution < -0.4 is 0 Å². The zero-order valence-corrected chi connectivity index (χ0v) is 13.7. The van der Waals surface area contributed by atoms with Gasteiger partial charge in [0, 0.05) is 23.6 Å². The highest BCUT2D eigenvalue weighted by Gasteiger charge is 2.40. The molecule has 0 unspecified atom stereocenters. The summed E-state index contributed by atoms with van der Waals surface area (Å²) in [5.41, 5.74) is 0.169. The Labute approximate surface area is 127 Å². The molecule has 110 valence electrons. The van der Waals surface area contributed by atoms with Crippen molar-refractivity contribution in [2.75, 3.05) is 27.7 Å². The molecule has 1 aromatic carbocycles. The molecule has 2 rings (SSSR count). The third-order valence-corrected chi connectivity index (χ3v) is 4.76. The molecule has 0 atom stereocenters. The number of carbonyl (C=O) groups excluding carboxylic acids is 1. The van der Waals surface area contributed by atoms with Crippen LogP contribution in [0.4, 0.5) is 4.39 Å². The first-order chi connectivity index (χ1) is 9.35. The molecule has 1 fully saturated rings. The molecule has 1 aromatic rings. The highest BCUT2D eigenvalue weighted by molar-refractivity contribution is 9.10. The van der Waals surface area contributed by atoms with Gasteiger partial charge in [0.25, 0.3) is 5.91 Å². The summed E-state index contributed by atoms with van der Waals surface area (Å²) in [4.78, 5) is 16.2. The average molecular weight is 343 g/mol. The fourth-order valence-electron chi connectivity index (χ4n) is 2.71. The summed E-state index contributed by atoms with van der Waals surface area (Å²) in [6.07, 6.45) is 3.35. The van der Waals surface area contributed by atoms with E-state index in [1.165, 1.54) is 18.6 Å². The fourth-order valence-corrected chi connectivity index (χ4v) is 3.07. The maximum Gasteiger partial charge on any atom is 0.256 e. The van der Waals surface area contributed by atoms with Crippen LogP contribution in [-0.2, 0) is 0 Å². The Hall–Kier alpha value is -0.940. The largest absolute Gasteiger partial charge is 0.340 e. The number of likely N-dealkylation sites (N-methyl/N-ethyl adjacent to an activating group) is 2. The van der Waals surface area contributed by atoms with Crippen LogP contribution in [0.3, 0.4) is 0 Å². The van der Waals surface area contributed by atoms with Crippen LogP contribution in [0.1, 0.15) is 29.6 Å². The molecule has 0 radical (unpaired) electrons. The molecular weight excluding hydrogens is 323 g/mol. The van der Waals surface area contributed by atoms with Crippen LogP contribution in [0.15, 0.2) is 22.7 Å². The van der Waals surface area contributed by atoms with Crippen molar-refractivity contribution in [3.63, 3.8) is 0 Å². The van der Waals surface area contributed by atoms with Crippen molar-refractivity contribution < 1.29 is 9.18 Å². The zero-order valence-electron chi connectivity index (χ0n) is 12.1. The molecule has 3 nitrogen and oxygen atoms in total. The molecule has 0 aromatic heterocycles. The molecule has 0 aliphatic heterocycles. The normalized spacial score (nSPS) is 16.9. The molecule has 0 N–H and O–H groups in total. The Morgan fingerprint density at radius 3 is 2.50 bits per heavy atom. The highest BCUT2D eigenvalue weighted by atomic mass is 79.9. The quantitative estimate of drug-likeness (QED) is 0.839. The second-order valence-corrected chi connectivity index (χ2v) is 6.67. The van der Waals surface area contributed by atoms with Crippen molar-refractivity contribution in [3.05, 3.63) is 34.1 Å². The Morgan fingerprint density at radius 2 is 2.00 bits per heavy atom. The van der Waals surface area contributed by atoms with Gasteiger partial charge in [0.05, 0.1) is 5.56 Å². The molecule has 5 heteroatoms. The van der Waals surface area contributed by atoms with E-state index in [4.69, 9.17) is 0 Å². The van der Waals surface area contributed by atoms with Crippen molar-refractivity contribution in [2.24, 2.45) is 0 Å². The van der Waals surface area contributed by atoms with Crippen LogP contribution in [0.5, 0.6) is 0 Å². The first-order valence-electron chi connectivity index (χ1n) is 6.74. The summed E-state index contributed by atoms with van der Waals surface area (Å²) >= 11 is 3.28. The minimum atomic E-state index is -0.474. The summed E-state index contributed by atoms with van der Waals surface area (Å²) in [6.45, 7) is 0.630. The van der Waals surface area contributed by atoms with E-state index in [2.05, 4.69) is 20.8 Å². The van der Waals surface area contributed by atoms with Gasteiger partial charge in [-0.1, -0.05) is 15.9 Å². The van der Waals surface area contributed by atoms with E-state index in [0.717, 1.165) is 12.8 Å². The molecule has 0 bridgehead atoms. The second kappa shape index (κ2) is 5.82. The third-order valence-electron chi connectivity index (χ3n) is 4.27. The lowest BCUT2D eigenvalue weighted by atomic mass is 9.75. The molecule has 1 aliphatic carbocycles. The number of halogens is 2. The predicted octanol–water partition coefficient (Wildman–Crippen LogP) is 3.14. The van der Waals surface area contributed by atoms with E-state index in [1.807, 2.05) is 14.1 Å². The van der Waals surface area contributed by atoms with Crippen LogP contribution in [-0.4, -0.2) is 48.9 Å². The molecule has 0 spiro atoms. The smallest absolute Gasteiger partial charge is 0.256 e. The molecule has 0 heterocycles. The predicted molar refractivity (Wildman–Crippen MR) is 81.3 cm³/mol. The lowest BCUT2D eigenvalue weighted by Crippen LogP contribution is -2.57. The number of hydrogen-bond acceptors (Lipinski definition) is 2. The van der Waals surface area contributed by atoms with Crippen molar-refractivity contribution in [3.8, 4) is 0 Å². The molecule has 1 aliphatic rings. The average Bonchev–Trinajstić information content (AvgIpc) is 2.35. The van der Waals surface area contributed by atoms with Crippen LogP contribution in [0.2, 0.25) is 0 Å². The number of rotatable bonds is 4. The van der Waals surface area contributed by atoms with Gasteiger partial charge in [-0.3, -0.25) is 4.79 Å². The summed E-state index contributed by atoms with van der Waals surface area (Å²) in [6, 6.07) is 4.45. The molecule has 1 amide bonds. The van der Waals surface area contributed by atoms with E-state index in [1.54, 1.807) is 18.0 Å². The Bertz CT molecular complexity index is 515. The van der Waals surface area contributed by atoms with Gasteiger partial charge in [-0.05, 0) is 51.6 Å². The minimum Gasteiger partial charge on any atom is -0.340 e. The number of nitrogens with zero attached hydrogens (tertiary/aromatic N) is 2. The van der Waals surface area contributed by atoms with E-state index < -0.39 is 5.82 Å². The summed E-state index contributed by atoms with van der Waals surface area (Å²) < 4.78 is 14.5. The molecule has 1 saturated carbocycles. The monoisotopic (exact) mass is 342 g/mol. The highest BCUT2D eigenvalue weighted by Crippen LogP contribution is 2.36. The lowest BCUT2D eigenvalue weighted by molar-refractivity contribution is 0.0250. The van der Waals surface area contributed by atoms with E-state index in [0.29, 0.717) is 11.0 Å². The summed E-state index contributed by atoms with van der Waals surface area (Å²) in [5.74, 6) is -0.741. The first kappa shape index (κ1) is 15.4. The Kier molecular flexibility index (Phi) is 4.49. The van der Waals surface area contributed by atoms with Gasteiger partial charge in [0.2, 0.25) is 0 Å². The minimum absolute atomic E-state index is 0.0485. The third kappa shape index (κ3) is 2.88. The first-order valence-corrected chi connectivity index (χ1v) is 7.53. The Balaban J connectivity index is 2.14. The van der Waals surface area contributed by atoms with Crippen molar-refractivity contribution in [1.82, 2.24) is 9.80 Å². The number of amides is 1. The molecule has 20 heavy (non-hydrogen) atoms. The maximum atomic E-state index is 13.8. The van der Waals surface area contributed by atoms with E-state index >= 15 is 0 Å². The van der Waals surface area contributed by atoms with Gasteiger partial charge in [-0.15, -0.1) is 0 Å². The lowest BCUT2D eigenvalue weighted by Gasteiger charge is -2.49. The van der Waals surface area contributed by atoms with Crippen molar-refractivity contribution >= 4 is 21.8 Å². The van der Waals surface area contributed by atoms with Crippen molar-refractivity contribution in [2.45, 2.75) is 24.8 Å². The van der Waals surface area contributed by atoms with Gasteiger partial charge in [0.15, 0.2) is 0 Å². The standard InChI is InChI=1S/C15H20BrFN2O/c1-18(2)15(7-4-8-15)10-19(3)14(20)12-9-11(16)5-6-13(12)17/h5-6,9H,4,7-8,10H2,1-3H3. The Morgan fingerprint density at radius 1 is 1.35 bits per heavy atom. The van der Waals surface area contributed by atoms with Crippen LogP contribution in [0.25, 0.3) is 0 Å². The topological polar surface area (TPSA) is 23.6 Å². The maximum absolute atomic E-state index is 13.8. The number of hydrogen-bond donors (Lipinski definition) is 0. The van der Waals surface area contributed by atoms with Crippen LogP contribution in [0, 0.1) is 5.82 Å². The van der Waals surface area contributed by atoms with Gasteiger partial charge in [-0.2, -0.15) is 0 Å².